The fourth-order valence-corrected chi connectivity index (χ4v) is 0.739. The maximum absolute atomic E-state index is 10.7. The van der Waals surface area contributed by atoms with Crippen molar-refractivity contribution in [2.45, 2.75) is 0 Å². The zero-order chi connectivity index (χ0) is 9.68. The highest BCUT2D eigenvalue weighted by Gasteiger charge is 1.89. The molecule has 0 saturated carbocycles. The molecule has 1 heterocycles. The van der Waals surface area contributed by atoms with Crippen LogP contribution in [0.2, 0.25) is 0 Å². The largest absolute Gasteiger partial charge is 0.466 e. The average molecular weight is 179 g/mol. The highest BCUT2D eigenvalue weighted by molar-refractivity contribution is 5.84. The van der Waals surface area contributed by atoms with Crippen molar-refractivity contribution in [1.29, 1.82) is 0 Å². The molecule has 0 N–H and O–H groups in total. The Morgan fingerprint density at radius 2 is 2.08 bits per heavy atom. The number of carbonyl (C=O) groups excluding carboxylic acids is 1. The van der Waals surface area contributed by atoms with Gasteiger partial charge in [-0.25, -0.2) is 4.79 Å². The molecular weight excluding hydrogens is 170 g/mol. The van der Waals surface area contributed by atoms with Gasteiger partial charge in [0.1, 0.15) is 0 Å². The molecule has 4 nitrogen and oxygen atoms in total. The third-order valence-electron chi connectivity index (χ3n) is 1.41. The van der Waals surface area contributed by atoms with E-state index in [1.807, 2.05) is 0 Å². The van der Waals surface area contributed by atoms with Crippen LogP contribution in [0.4, 0.5) is 0 Å². The van der Waals surface area contributed by atoms with Crippen LogP contribution in [0.3, 0.4) is 0 Å². The van der Waals surface area contributed by atoms with Crippen molar-refractivity contribution >= 4 is 12.2 Å². The third-order valence-corrected chi connectivity index (χ3v) is 1.41. The lowest BCUT2D eigenvalue weighted by Crippen LogP contribution is -2.00. The molecule has 1 aromatic rings. The summed E-state index contributed by atoms with van der Waals surface area (Å²) >= 11 is 0. The number of carbonyl (C=O) groups is 1. The normalized spacial score (nSPS) is 10.2. The van der Waals surface area contributed by atoms with Crippen molar-refractivity contribution in [3.63, 3.8) is 0 Å². The maximum Gasteiger partial charge on any atom is 0.331 e. The molecule has 0 aromatic carbocycles. The Hall–Kier alpha value is -1.84. The molecule has 0 unspecified atom stereocenters. The minimum atomic E-state index is -0.432. The van der Waals surface area contributed by atoms with E-state index in [1.54, 1.807) is 17.0 Å². The minimum Gasteiger partial charge on any atom is -0.466 e. The lowest BCUT2D eigenvalue weighted by atomic mass is 10.5. The van der Waals surface area contributed by atoms with Crippen LogP contribution in [0.1, 0.15) is 0 Å². The molecule has 0 spiro atoms. The maximum atomic E-state index is 10.7. The van der Waals surface area contributed by atoms with Crippen LogP contribution < -0.4 is 5.43 Å². The molecule has 68 valence electrons. The summed E-state index contributed by atoms with van der Waals surface area (Å²) in [5.74, 6) is -0.432. The molecule has 0 atom stereocenters. The second-order valence-electron chi connectivity index (χ2n) is 2.32. The van der Waals surface area contributed by atoms with Crippen LogP contribution in [0.15, 0.2) is 35.4 Å². The summed E-state index contributed by atoms with van der Waals surface area (Å²) in [6.45, 7) is 0. The average Bonchev–Trinajstić information content (AvgIpc) is 2.16. The molecule has 1 rings (SSSR count). The van der Waals surface area contributed by atoms with Crippen LogP contribution in [0, 0.1) is 0 Å². The van der Waals surface area contributed by atoms with Crippen molar-refractivity contribution < 1.29 is 9.53 Å². The Morgan fingerprint density at radius 3 is 2.62 bits per heavy atom. The molecular formula is C9H9NO3. The zero-order valence-electron chi connectivity index (χ0n) is 7.14. The van der Waals surface area contributed by atoms with E-state index in [1.165, 1.54) is 31.5 Å². The molecule has 0 saturated heterocycles. The molecule has 0 aliphatic carbocycles. The van der Waals surface area contributed by atoms with E-state index < -0.39 is 5.97 Å². The lowest BCUT2D eigenvalue weighted by molar-refractivity contribution is -0.134. The highest BCUT2D eigenvalue weighted by atomic mass is 16.5. The van der Waals surface area contributed by atoms with Gasteiger partial charge >= 0.3 is 5.97 Å². The zero-order valence-corrected chi connectivity index (χ0v) is 7.14. The van der Waals surface area contributed by atoms with Gasteiger partial charge < -0.3 is 9.30 Å². The van der Waals surface area contributed by atoms with Crippen LogP contribution >= 0.6 is 0 Å². The summed E-state index contributed by atoms with van der Waals surface area (Å²) in [4.78, 5) is 21.4. The SMILES string of the molecule is COC(=O)/C=C/n1ccc(=O)cc1. The number of esters is 1. The van der Waals surface area contributed by atoms with Crippen molar-refractivity contribution in [1.82, 2.24) is 4.57 Å². The molecule has 4 heteroatoms. The number of aromatic nitrogens is 1. The van der Waals surface area contributed by atoms with Gasteiger partial charge in [-0.2, -0.15) is 0 Å². The summed E-state index contributed by atoms with van der Waals surface area (Å²) in [5, 5.41) is 0. The molecule has 0 amide bonds. The van der Waals surface area contributed by atoms with Gasteiger partial charge in [0, 0.05) is 36.8 Å². The van der Waals surface area contributed by atoms with Crippen molar-refractivity contribution in [2.24, 2.45) is 0 Å². The molecule has 1 aromatic heterocycles. The quantitative estimate of drug-likeness (QED) is 0.490. The second-order valence-corrected chi connectivity index (χ2v) is 2.32. The first kappa shape index (κ1) is 9.25. The summed E-state index contributed by atoms with van der Waals surface area (Å²) in [7, 11) is 1.30. The van der Waals surface area contributed by atoms with Gasteiger partial charge in [0.05, 0.1) is 7.11 Å². The minimum absolute atomic E-state index is 0.0669. The number of nitrogens with zero attached hydrogens (tertiary/aromatic N) is 1. The molecule has 0 bridgehead atoms. The number of methoxy groups -OCH3 is 1. The molecule has 0 aliphatic rings. The smallest absolute Gasteiger partial charge is 0.331 e. The molecule has 0 radical (unpaired) electrons. The van der Waals surface area contributed by atoms with E-state index in [0.29, 0.717) is 0 Å². The number of hydrogen-bond donors (Lipinski definition) is 0. The molecule has 13 heavy (non-hydrogen) atoms. The Morgan fingerprint density at radius 1 is 1.46 bits per heavy atom. The predicted molar refractivity (Wildman–Crippen MR) is 48.0 cm³/mol. The van der Waals surface area contributed by atoms with E-state index in [9.17, 15) is 9.59 Å². The first-order chi connectivity index (χ1) is 6.22. The second kappa shape index (κ2) is 4.25. The van der Waals surface area contributed by atoms with E-state index >= 15 is 0 Å². The fraction of sp³-hybridized carbons (Fsp3) is 0.111. The standard InChI is InChI=1S/C9H9NO3/c1-13-9(12)4-7-10-5-2-8(11)3-6-10/h2-7H,1H3/b7-4+. The first-order valence-electron chi connectivity index (χ1n) is 3.66. The van der Waals surface area contributed by atoms with Crippen molar-refractivity contribution in [3.05, 3.63) is 40.8 Å². The third kappa shape index (κ3) is 2.94. The monoisotopic (exact) mass is 179 g/mol. The topological polar surface area (TPSA) is 48.3 Å². The summed E-state index contributed by atoms with van der Waals surface area (Å²) < 4.78 is 5.98. The highest BCUT2D eigenvalue weighted by Crippen LogP contribution is 1.87. The summed E-state index contributed by atoms with van der Waals surface area (Å²) in [5.41, 5.74) is -0.0669. The predicted octanol–water partition coefficient (Wildman–Crippen LogP) is 0.492. The first-order valence-corrected chi connectivity index (χ1v) is 3.66. The van der Waals surface area contributed by atoms with Gasteiger partial charge in [-0.05, 0) is 0 Å². The molecule has 0 fully saturated rings. The summed E-state index contributed by atoms with van der Waals surface area (Å²) in [6, 6.07) is 2.81. The van der Waals surface area contributed by atoms with Crippen LogP contribution in [0.25, 0.3) is 6.20 Å². The molecule has 0 aliphatic heterocycles. The van der Waals surface area contributed by atoms with Gasteiger partial charge in [0.15, 0.2) is 5.43 Å². The van der Waals surface area contributed by atoms with E-state index in [-0.39, 0.29) is 5.43 Å². The van der Waals surface area contributed by atoms with Crippen LogP contribution in [-0.2, 0) is 9.53 Å². The van der Waals surface area contributed by atoms with Crippen LogP contribution in [0.5, 0.6) is 0 Å². The van der Waals surface area contributed by atoms with Crippen LogP contribution in [-0.4, -0.2) is 17.6 Å². The van der Waals surface area contributed by atoms with Gasteiger partial charge in [0.25, 0.3) is 0 Å². The van der Waals surface area contributed by atoms with E-state index in [2.05, 4.69) is 4.74 Å². The fourth-order valence-electron chi connectivity index (χ4n) is 0.739. The van der Waals surface area contributed by atoms with Gasteiger partial charge in [0.2, 0.25) is 0 Å². The van der Waals surface area contributed by atoms with Gasteiger partial charge in [-0.3, -0.25) is 4.79 Å². The van der Waals surface area contributed by atoms with Gasteiger partial charge in [-0.15, -0.1) is 0 Å². The number of hydrogen-bond acceptors (Lipinski definition) is 3. The number of pyridine rings is 1. The number of rotatable bonds is 2. The van der Waals surface area contributed by atoms with Crippen molar-refractivity contribution in [2.75, 3.05) is 7.11 Å². The Bertz CT molecular complexity index is 358. The Balaban J connectivity index is 2.75. The van der Waals surface area contributed by atoms with Gasteiger partial charge in [-0.1, -0.05) is 0 Å². The van der Waals surface area contributed by atoms with Crippen molar-refractivity contribution in [3.8, 4) is 0 Å². The van der Waals surface area contributed by atoms with E-state index in [0.717, 1.165) is 0 Å². The summed E-state index contributed by atoms with van der Waals surface area (Å²) in [6.07, 6.45) is 5.89. The lowest BCUT2D eigenvalue weighted by Gasteiger charge is -1.95. The van der Waals surface area contributed by atoms with E-state index in [4.69, 9.17) is 0 Å². The Kier molecular flexibility index (Phi) is 3.03. The Labute approximate surface area is 75.1 Å². The number of ether oxygens (including phenoxy) is 1.